The van der Waals surface area contributed by atoms with Crippen LogP contribution in [-0.2, 0) is 17.9 Å². The van der Waals surface area contributed by atoms with Gasteiger partial charge in [0.15, 0.2) is 5.78 Å². The molecule has 0 fully saturated rings. The van der Waals surface area contributed by atoms with Crippen LogP contribution in [0, 0.1) is 0 Å². The molecule has 0 bridgehead atoms. The molecule has 0 N–H and O–H groups in total. The Morgan fingerprint density at radius 1 is 0.920 bits per heavy atom. The van der Waals surface area contributed by atoms with Gasteiger partial charge in [0.05, 0.1) is 6.04 Å². The van der Waals surface area contributed by atoms with Crippen LogP contribution in [0.4, 0.5) is 0 Å². The Bertz CT molecular complexity index is 664. The van der Waals surface area contributed by atoms with E-state index in [2.05, 4.69) is 66.4 Å². The Morgan fingerprint density at radius 2 is 1.48 bits per heavy atom. The number of allylic oxidation sites excluding steroid dienone is 1. The largest absolute Gasteiger partial charge is 0.293 e. The van der Waals surface area contributed by atoms with Crippen LogP contribution < -0.4 is 0 Å². The second-order valence-corrected chi connectivity index (χ2v) is 6.89. The molecular formula is C23H27NO. The lowest BCUT2D eigenvalue weighted by atomic mass is 9.93. The summed E-state index contributed by atoms with van der Waals surface area (Å²) in [6.45, 7) is 3.63. The summed E-state index contributed by atoms with van der Waals surface area (Å²) in [6, 6.07) is 20.7. The standard InChI is InChI=1S/C23H27NO/c1-19(23(25)22-15-9-4-10-16-22)24(17-20-11-5-2-6-12-20)18-21-13-7-3-8-14-21/h2-3,5-8,11-15,19H,4,9-10,16-18H2,1H3/t19-/m0/s1. The van der Waals surface area contributed by atoms with E-state index in [1.165, 1.54) is 17.5 Å². The number of rotatable bonds is 7. The minimum atomic E-state index is -0.107. The van der Waals surface area contributed by atoms with E-state index in [4.69, 9.17) is 0 Å². The quantitative estimate of drug-likeness (QED) is 0.698. The summed E-state index contributed by atoms with van der Waals surface area (Å²) in [5, 5.41) is 0. The fourth-order valence-electron chi connectivity index (χ4n) is 3.46. The van der Waals surface area contributed by atoms with Gasteiger partial charge in [-0.05, 0) is 49.3 Å². The normalized spacial score (nSPS) is 15.7. The van der Waals surface area contributed by atoms with Gasteiger partial charge in [0, 0.05) is 13.1 Å². The smallest absolute Gasteiger partial charge is 0.175 e. The van der Waals surface area contributed by atoms with Gasteiger partial charge in [-0.3, -0.25) is 9.69 Å². The maximum absolute atomic E-state index is 13.0. The van der Waals surface area contributed by atoms with Crippen molar-refractivity contribution in [2.45, 2.75) is 51.7 Å². The lowest BCUT2D eigenvalue weighted by molar-refractivity contribution is -0.120. The predicted molar refractivity (Wildman–Crippen MR) is 103 cm³/mol. The summed E-state index contributed by atoms with van der Waals surface area (Å²) in [7, 11) is 0. The monoisotopic (exact) mass is 333 g/mol. The highest BCUT2D eigenvalue weighted by Gasteiger charge is 2.25. The molecule has 0 unspecified atom stereocenters. The third kappa shape index (κ3) is 4.90. The molecule has 2 nitrogen and oxygen atoms in total. The summed E-state index contributed by atoms with van der Waals surface area (Å²) < 4.78 is 0. The van der Waals surface area contributed by atoms with Crippen LogP contribution in [0.3, 0.4) is 0 Å². The van der Waals surface area contributed by atoms with Gasteiger partial charge in [-0.1, -0.05) is 66.7 Å². The van der Waals surface area contributed by atoms with Gasteiger partial charge < -0.3 is 0 Å². The van der Waals surface area contributed by atoms with Gasteiger partial charge in [0.2, 0.25) is 0 Å². The highest BCUT2D eigenvalue weighted by molar-refractivity contribution is 5.99. The summed E-state index contributed by atoms with van der Waals surface area (Å²) in [4.78, 5) is 15.3. The first-order valence-corrected chi connectivity index (χ1v) is 9.29. The van der Waals surface area contributed by atoms with Crippen molar-refractivity contribution >= 4 is 5.78 Å². The Morgan fingerprint density at radius 3 is 1.96 bits per heavy atom. The van der Waals surface area contributed by atoms with Crippen LogP contribution in [0.1, 0.15) is 43.7 Å². The summed E-state index contributed by atoms with van der Waals surface area (Å²) in [5.41, 5.74) is 3.52. The van der Waals surface area contributed by atoms with Crippen molar-refractivity contribution in [3.8, 4) is 0 Å². The molecule has 0 spiro atoms. The molecule has 2 heteroatoms. The predicted octanol–water partition coefficient (Wildman–Crippen LogP) is 5.15. The van der Waals surface area contributed by atoms with E-state index in [1.807, 2.05) is 12.1 Å². The first-order chi connectivity index (χ1) is 12.2. The SMILES string of the molecule is C[C@@H](C(=O)C1=CCCCC1)N(Cc1ccccc1)Cc1ccccc1. The van der Waals surface area contributed by atoms with Crippen molar-refractivity contribution in [2.75, 3.05) is 0 Å². The van der Waals surface area contributed by atoms with Gasteiger partial charge >= 0.3 is 0 Å². The van der Waals surface area contributed by atoms with Gasteiger partial charge in [0.1, 0.15) is 0 Å². The lowest BCUT2D eigenvalue weighted by Crippen LogP contribution is -2.39. The topological polar surface area (TPSA) is 20.3 Å². The summed E-state index contributed by atoms with van der Waals surface area (Å²) in [5.74, 6) is 0.298. The minimum absolute atomic E-state index is 0.107. The molecule has 0 saturated heterocycles. The third-order valence-electron chi connectivity index (χ3n) is 4.99. The molecule has 0 aliphatic heterocycles. The van der Waals surface area contributed by atoms with Gasteiger partial charge in [-0.15, -0.1) is 0 Å². The van der Waals surface area contributed by atoms with Gasteiger partial charge in [-0.25, -0.2) is 0 Å². The number of carbonyl (C=O) groups excluding carboxylic acids is 1. The number of benzene rings is 2. The van der Waals surface area contributed by atoms with E-state index in [9.17, 15) is 4.79 Å². The Hall–Kier alpha value is -2.19. The van der Waals surface area contributed by atoms with E-state index in [0.717, 1.165) is 37.9 Å². The van der Waals surface area contributed by atoms with Crippen LogP contribution in [0.15, 0.2) is 72.3 Å². The van der Waals surface area contributed by atoms with Crippen LogP contribution in [0.25, 0.3) is 0 Å². The minimum Gasteiger partial charge on any atom is -0.293 e. The van der Waals surface area contributed by atoms with Crippen LogP contribution in [0.2, 0.25) is 0 Å². The fraction of sp³-hybridized carbons (Fsp3) is 0.348. The maximum atomic E-state index is 13.0. The van der Waals surface area contributed by atoms with Gasteiger partial charge in [-0.2, -0.15) is 0 Å². The van der Waals surface area contributed by atoms with Crippen molar-refractivity contribution in [1.82, 2.24) is 4.90 Å². The van der Waals surface area contributed by atoms with Crippen molar-refractivity contribution in [3.63, 3.8) is 0 Å². The molecule has 1 aliphatic rings. The molecular weight excluding hydrogens is 306 g/mol. The molecule has 0 heterocycles. The number of ketones is 1. The molecule has 0 radical (unpaired) electrons. The van der Waals surface area contributed by atoms with E-state index in [0.29, 0.717) is 5.78 Å². The number of hydrogen-bond donors (Lipinski definition) is 0. The Kier molecular flexibility index (Phi) is 6.19. The Labute approximate surface area is 151 Å². The number of Topliss-reactive ketones (excluding diaryl/α,β-unsaturated/α-hetero) is 1. The molecule has 2 aromatic carbocycles. The Balaban J connectivity index is 1.79. The van der Waals surface area contributed by atoms with Crippen molar-refractivity contribution in [3.05, 3.63) is 83.4 Å². The molecule has 0 saturated carbocycles. The molecule has 0 amide bonds. The van der Waals surface area contributed by atoms with Crippen molar-refractivity contribution < 1.29 is 4.79 Å². The van der Waals surface area contributed by atoms with Crippen LogP contribution in [-0.4, -0.2) is 16.7 Å². The zero-order valence-electron chi connectivity index (χ0n) is 15.0. The first-order valence-electron chi connectivity index (χ1n) is 9.29. The lowest BCUT2D eigenvalue weighted by Gasteiger charge is -2.29. The average Bonchev–Trinajstić information content (AvgIpc) is 2.68. The molecule has 3 rings (SSSR count). The van der Waals surface area contributed by atoms with E-state index >= 15 is 0 Å². The highest BCUT2D eigenvalue weighted by atomic mass is 16.1. The second kappa shape index (κ2) is 8.77. The van der Waals surface area contributed by atoms with Crippen LogP contribution >= 0.6 is 0 Å². The van der Waals surface area contributed by atoms with Crippen molar-refractivity contribution in [2.24, 2.45) is 0 Å². The molecule has 130 valence electrons. The van der Waals surface area contributed by atoms with E-state index < -0.39 is 0 Å². The maximum Gasteiger partial charge on any atom is 0.175 e. The van der Waals surface area contributed by atoms with E-state index in [-0.39, 0.29) is 6.04 Å². The van der Waals surface area contributed by atoms with E-state index in [1.54, 1.807) is 0 Å². The molecule has 2 aromatic rings. The highest BCUT2D eigenvalue weighted by Crippen LogP contribution is 2.22. The number of hydrogen-bond acceptors (Lipinski definition) is 2. The summed E-state index contributed by atoms with van der Waals surface area (Å²) >= 11 is 0. The van der Waals surface area contributed by atoms with Crippen LogP contribution in [0.5, 0.6) is 0 Å². The molecule has 25 heavy (non-hydrogen) atoms. The second-order valence-electron chi connectivity index (χ2n) is 6.89. The first kappa shape index (κ1) is 17.6. The summed E-state index contributed by atoms with van der Waals surface area (Å²) in [6.07, 6.45) is 6.50. The van der Waals surface area contributed by atoms with Gasteiger partial charge in [0.25, 0.3) is 0 Å². The third-order valence-corrected chi connectivity index (χ3v) is 4.99. The van der Waals surface area contributed by atoms with Crippen molar-refractivity contribution in [1.29, 1.82) is 0 Å². The average molecular weight is 333 g/mol. The zero-order valence-corrected chi connectivity index (χ0v) is 15.0. The molecule has 1 aliphatic carbocycles. The number of nitrogens with zero attached hydrogens (tertiary/aromatic N) is 1. The fourth-order valence-corrected chi connectivity index (χ4v) is 3.46. The zero-order chi connectivity index (χ0) is 17.5. The number of carbonyl (C=O) groups is 1. The molecule has 0 aromatic heterocycles. The molecule has 1 atom stereocenters.